The van der Waals surface area contributed by atoms with Crippen molar-refractivity contribution in [2.45, 2.75) is 33.2 Å². The molecule has 6 nitrogen and oxygen atoms in total. The number of carboxylic acids is 1. The molecule has 0 fully saturated rings. The van der Waals surface area contributed by atoms with Crippen LogP contribution >= 0.6 is 0 Å². The largest absolute Gasteiger partial charge is 0.480 e. The van der Waals surface area contributed by atoms with Gasteiger partial charge in [0.1, 0.15) is 11.9 Å². The van der Waals surface area contributed by atoms with Gasteiger partial charge in [-0.25, -0.2) is 9.78 Å². The standard InChI is InChI=1S/C12H17N3O3/c1-4-8(12(17)18)15-11-9(10(13)16)6(2)5-7(3)14-11/h5,8H,4H2,1-3H3,(H2,13,16)(H,14,15)(H,17,18). The van der Waals surface area contributed by atoms with Crippen molar-refractivity contribution in [3.8, 4) is 0 Å². The van der Waals surface area contributed by atoms with Gasteiger partial charge in [-0.3, -0.25) is 4.79 Å². The van der Waals surface area contributed by atoms with Gasteiger partial charge < -0.3 is 16.2 Å². The summed E-state index contributed by atoms with van der Waals surface area (Å²) in [4.78, 5) is 26.5. The zero-order chi connectivity index (χ0) is 13.9. The van der Waals surface area contributed by atoms with E-state index in [2.05, 4.69) is 10.3 Å². The number of pyridine rings is 1. The summed E-state index contributed by atoms with van der Waals surface area (Å²) in [5, 5.41) is 11.7. The Morgan fingerprint density at radius 3 is 2.56 bits per heavy atom. The molecule has 0 aliphatic heterocycles. The van der Waals surface area contributed by atoms with Crippen molar-refractivity contribution in [1.29, 1.82) is 0 Å². The molecule has 0 aliphatic carbocycles. The van der Waals surface area contributed by atoms with Gasteiger partial charge in [-0.05, 0) is 31.9 Å². The van der Waals surface area contributed by atoms with E-state index in [-0.39, 0.29) is 11.4 Å². The molecule has 0 radical (unpaired) electrons. The second-order valence-corrected chi connectivity index (χ2v) is 4.11. The van der Waals surface area contributed by atoms with Crippen LogP contribution in [0, 0.1) is 13.8 Å². The molecule has 1 atom stereocenters. The number of hydrogen-bond acceptors (Lipinski definition) is 4. The van der Waals surface area contributed by atoms with Gasteiger partial charge in [-0.1, -0.05) is 6.92 Å². The smallest absolute Gasteiger partial charge is 0.326 e. The van der Waals surface area contributed by atoms with Crippen LogP contribution in [0.4, 0.5) is 5.82 Å². The predicted octanol–water partition coefficient (Wildman–Crippen LogP) is 1.07. The molecule has 18 heavy (non-hydrogen) atoms. The van der Waals surface area contributed by atoms with E-state index in [1.54, 1.807) is 26.8 Å². The van der Waals surface area contributed by atoms with Crippen LogP contribution in [0.25, 0.3) is 0 Å². The summed E-state index contributed by atoms with van der Waals surface area (Å²) in [5.41, 5.74) is 6.90. The summed E-state index contributed by atoms with van der Waals surface area (Å²) >= 11 is 0. The predicted molar refractivity (Wildman–Crippen MR) is 67.6 cm³/mol. The molecular formula is C12H17N3O3. The third-order valence-electron chi connectivity index (χ3n) is 2.61. The zero-order valence-corrected chi connectivity index (χ0v) is 10.7. The van der Waals surface area contributed by atoms with Crippen molar-refractivity contribution in [2.75, 3.05) is 5.32 Å². The lowest BCUT2D eigenvalue weighted by Gasteiger charge is -2.16. The van der Waals surface area contributed by atoms with E-state index < -0.39 is 17.9 Å². The third kappa shape index (κ3) is 2.97. The van der Waals surface area contributed by atoms with Crippen LogP contribution in [0.2, 0.25) is 0 Å². The number of rotatable bonds is 5. The molecule has 0 aliphatic rings. The second kappa shape index (κ2) is 5.48. The zero-order valence-electron chi connectivity index (χ0n) is 10.7. The molecule has 1 aromatic heterocycles. The Hall–Kier alpha value is -2.11. The Kier molecular flexibility index (Phi) is 4.25. The van der Waals surface area contributed by atoms with Crippen molar-refractivity contribution in [3.05, 3.63) is 22.9 Å². The maximum absolute atomic E-state index is 11.4. The van der Waals surface area contributed by atoms with E-state index >= 15 is 0 Å². The fourth-order valence-electron chi connectivity index (χ4n) is 1.76. The van der Waals surface area contributed by atoms with Crippen LogP contribution in [-0.2, 0) is 4.79 Å². The number of aliphatic carboxylic acids is 1. The molecule has 98 valence electrons. The van der Waals surface area contributed by atoms with Crippen LogP contribution in [0.15, 0.2) is 6.07 Å². The van der Waals surface area contributed by atoms with E-state index in [0.29, 0.717) is 17.7 Å². The van der Waals surface area contributed by atoms with Gasteiger partial charge in [0.25, 0.3) is 5.91 Å². The summed E-state index contributed by atoms with van der Waals surface area (Å²) in [6.07, 6.45) is 0.377. The van der Waals surface area contributed by atoms with Crippen molar-refractivity contribution >= 4 is 17.7 Å². The molecule has 0 bridgehead atoms. The first-order valence-corrected chi connectivity index (χ1v) is 5.64. The third-order valence-corrected chi connectivity index (χ3v) is 2.61. The number of primary amides is 1. The van der Waals surface area contributed by atoms with Gasteiger partial charge in [0.15, 0.2) is 0 Å². The van der Waals surface area contributed by atoms with E-state index in [1.165, 1.54) is 0 Å². The molecule has 4 N–H and O–H groups in total. The minimum absolute atomic E-state index is 0.231. The highest BCUT2D eigenvalue weighted by Crippen LogP contribution is 2.19. The topological polar surface area (TPSA) is 105 Å². The van der Waals surface area contributed by atoms with E-state index in [9.17, 15) is 9.59 Å². The number of aryl methyl sites for hydroxylation is 2. The lowest BCUT2D eigenvalue weighted by molar-refractivity contribution is -0.137. The summed E-state index contributed by atoms with van der Waals surface area (Å²) in [5.74, 6) is -1.38. The summed E-state index contributed by atoms with van der Waals surface area (Å²) in [6.45, 7) is 5.24. The molecule has 1 heterocycles. The Morgan fingerprint density at radius 2 is 2.11 bits per heavy atom. The first-order chi connectivity index (χ1) is 8.36. The highest BCUT2D eigenvalue weighted by Gasteiger charge is 2.20. The first kappa shape index (κ1) is 14.0. The SMILES string of the molecule is CCC(Nc1nc(C)cc(C)c1C(N)=O)C(=O)O. The molecule has 0 spiro atoms. The number of carbonyl (C=O) groups excluding carboxylic acids is 1. The van der Waals surface area contributed by atoms with Crippen molar-refractivity contribution in [1.82, 2.24) is 4.98 Å². The maximum atomic E-state index is 11.4. The normalized spacial score (nSPS) is 11.9. The Balaban J connectivity index is 3.22. The van der Waals surface area contributed by atoms with Gasteiger partial charge in [-0.15, -0.1) is 0 Å². The lowest BCUT2D eigenvalue weighted by Crippen LogP contribution is -2.30. The number of nitrogens with zero attached hydrogens (tertiary/aromatic N) is 1. The molecule has 0 saturated heterocycles. The van der Waals surface area contributed by atoms with Gasteiger partial charge >= 0.3 is 5.97 Å². The van der Waals surface area contributed by atoms with Gasteiger partial charge in [0.05, 0.1) is 5.56 Å². The molecule has 1 amide bonds. The van der Waals surface area contributed by atoms with E-state index in [0.717, 1.165) is 0 Å². The van der Waals surface area contributed by atoms with Crippen LogP contribution < -0.4 is 11.1 Å². The van der Waals surface area contributed by atoms with Crippen LogP contribution in [0.5, 0.6) is 0 Å². The molecule has 0 saturated carbocycles. The monoisotopic (exact) mass is 251 g/mol. The number of aromatic nitrogens is 1. The Labute approximate surface area is 105 Å². The maximum Gasteiger partial charge on any atom is 0.326 e. The fraction of sp³-hybridized carbons (Fsp3) is 0.417. The Bertz CT molecular complexity index is 486. The number of nitrogens with two attached hydrogens (primary N) is 1. The minimum atomic E-state index is -0.992. The quantitative estimate of drug-likeness (QED) is 0.726. The highest BCUT2D eigenvalue weighted by molar-refractivity contribution is 5.99. The van der Waals surface area contributed by atoms with Crippen LogP contribution in [0.1, 0.15) is 35.0 Å². The number of amides is 1. The van der Waals surface area contributed by atoms with Gasteiger partial charge in [0.2, 0.25) is 0 Å². The number of anilines is 1. The highest BCUT2D eigenvalue weighted by atomic mass is 16.4. The average molecular weight is 251 g/mol. The molecule has 1 unspecified atom stereocenters. The summed E-state index contributed by atoms with van der Waals surface area (Å²) in [7, 11) is 0. The van der Waals surface area contributed by atoms with Gasteiger partial charge in [-0.2, -0.15) is 0 Å². The van der Waals surface area contributed by atoms with Gasteiger partial charge in [0, 0.05) is 5.69 Å². The molecule has 1 aromatic rings. The van der Waals surface area contributed by atoms with E-state index in [1.807, 2.05) is 0 Å². The van der Waals surface area contributed by atoms with E-state index in [4.69, 9.17) is 10.8 Å². The molecule has 6 heteroatoms. The van der Waals surface area contributed by atoms with Crippen molar-refractivity contribution in [3.63, 3.8) is 0 Å². The number of nitrogens with one attached hydrogen (secondary N) is 1. The summed E-state index contributed by atoms with van der Waals surface area (Å²) in [6, 6.07) is 0.935. The molecule has 1 rings (SSSR count). The van der Waals surface area contributed by atoms with Crippen molar-refractivity contribution in [2.24, 2.45) is 5.73 Å². The average Bonchev–Trinajstić information content (AvgIpc) is 2.23. The van der Waals surface area contributed by atoms with Crippen LogP contribution in [0.3, 0.4) is 0 Å². The van der Waals surface area contributed by atoms with Crippen LogP contribution in [-0.4, -0.2) is 28.0 Å². The first-order valence-electron chi connectivity index (χ1n) is 5.64. The Morgan fingerprint density at radius 1 is 1.50 bits per heavy atom. The number of hydrogen-bond donors (Lipinski definition) is 3. The number of carbonyl (C=O) groups is 2. The molecular weight excluding hydrogens is 234 g/mol. The van der Waals surface area contributed by atoms with Crippen molar-refractivity contribution < 1.29 is 14.7 Å². The second-order valence-electron chi connectivity index (χ2n) is 4.11. The summed E-state index contributed by atoms with van der Waals surface area (Å²) < 4.78 is 0. The fourth-order valence-corrected chi connectivity index (χ4v) is 1.76. The molecule has 0 aromatic carbocycles. The number of carboxylic acid groups (broad SMARTS) is 1. The minimum Gasteiger partial charge on any atom is -0.480 e. The lowest BCUT2D eigenvalue weighted by atomic mass is 10.1.